The van der Waals surface area contributed by atoms with Gasteiger partial charge in [0, 0.05) is 32.2 Å². The van der Waals surface area contributed by atoms with Gasteiger partial charge in [0.2, 0.25) is 5.91 Å². The van der Waals surface area contributed by atoms with Crippen LogP contribution in [0.1, 0.15) is 18.1 Å². The molecule has 1 fully saturated rings. The van der Waals surface area contributed by atoms with E-state index < -0.39 is 0 Å². The molecule has 0 spiro atoms. The minimum Gasteiger partial charge on any atom is -0.340 e. The highest BCUT2D eigenvalue weighted by atomic mass is 16.2. The number of hydrogen-bond acceptors (Lipinski definition) is 2. The number of nitrogens with zero attached hydrogens (tertiary/aromatic N) is 2. The summed E-state index contributed by atoms with van der Waals surface area (Å²) in [6.45, 7) is 5.76. The summed E-state index contributed by atoms with van der Waals surface area (Å²) in [5.74, 6) is 0.238. The Labute approximate surface area is 138 Å². The fraction of sp³-hybridized carbons (Fsp3) is 0.350. The smallest absolute Gasteiger partial charge is 0.227 e. The average Bonchev–Trinajstić information content (AvgIpc) is 2.58. The van der Waals surface area contributed by atoms with Crippen molar-refractivity contribution in [3.63, 3.8) is 0 Å². The minimum absolute atomic E-state index is 0.238. The fourth-order valence-corrected chi connectivity index (χ4v) is 3.16. The molecule has 0 aromatic heterocycles. The van der Waals surface area contributed by atoms with E-state index in [4.69, 9.17) is 0 Å². The molecule has 1 aliphatic rings. The van der Waals surface area contributed by atoms with Crippen LogP contribution in [0.5, 0.6) is 0 Å². The van der Waals surface area contributed by atoms with Crippen molar-refractivity contribution in [3.05, 3.63) is 71.8 Å². The molecule has 1 amide bonds. The monoisotopic (exact) mass is 308 g/mol. The van der Waals surface area contributed by atoms with Crippen molar-refractivity contribution in [2.75, 3.05) is 19.6 Å². The first kappa shape index (κ1) is 15.8. The molecule has 0 radical (unpaired) electrons. The molecule has 0 bridgehead atoms. The van der Waals surface area contributed by atoms with Crippen LogP contribution in [0.2, 0.25) is 0 Å². The number of rotatable bonds is 4. The predicted octanol–water partition coefficient (Wildman–Crippen LogP) is 2.96. The Morgan fingerprint density at radius 1 is 0.957 bits per heavy atom. The summed E-state index contributed by atoms with van der Waals surface area (Å²) in [5.41, 5.74) is 2.43. The molecule has 3 nitrogen and oxygen atoms in total. The van der Waals surface area contributed by atoms with Crippen LogP contribution in [0.3, 0.4) is 0 Å². The maximum Gasteiger partial charge on any atom is 0.227 e. The number of carbonyl (C=O) groups is 1. The summed E-state index contributed by atoms with van der Waals surface area (Å²) in [6.07, 6.45) is 0.506. The average molecular weight is 308 g/mol. The Kier molecular flexibility index (Phi) is 5.09. The van der Waals surface area contributed by atoms with Crippen LogP contribution in [-0.4, -0.2) is 41.4 Å². The molecule has 2 aromatic rings. The minimum atomic E-state index is 0.238. The highest BCUT2D eigenvalue weighted by Crippen LogP contribution is 2.15. The van der Waals surface area contributed by atoms with Crippen molar-refractivity contribution in [2.24, 2.45) is 0 Å². The maximum absolute atomic E-state index is 12.5. The van der Waals surface area contributed by atoms with Crippen LogP contribution in [0, 0.1) is 0 Å². The van der Waals surface area contributed by atoms with Gasteiger partial charge < -0.3 is 4.90 Å². The molecule has 1 atom stereocenters. The third-order valence-corrected chi connectivity index (χ3v) is 4.54. The van der Waals surface area contributed by atoms with Crippen molar-refractivity contribution >= 4 is 5.91 Å². The summed E-state index contributed by atoms with van der Waals surface area (Å²) in [7, 11) is 0. The second-order valence-electron chi connectivity index (χ2n) is 6.31. The van der Waals surface area contributed by atoms with Crippen molar-refractivity contribution < 1.29 is 4.79 Å². The highest BCUT2D eigenvalue weighted by Gasteiger charge is 2.26. The molecule has 3 rings (SSSR count). The van der Waals surface area contributed by atoms with Crippen molar-refractivity contribution in [2.45, 2.75) is 25.9 Å². The van der Waals surface area contributed by atoms with Crippen LogP contribution >= 0.6 is 0 Å². The molecule has 1 saturated heterocycles. The molecule has 3 heteroatoms. The van der Waals surface area contributed by atoms with Gasteiger partial charge in [-0.25, -0.2) is 0 Å². The second kappa shape index (κ2) is 7.42. The van der Waals surface area contributed by atoms with Crippen molar-refractivity contribution in [1.29, 1.82) is 0 Å². The fourth-order valence-electron chi connectivity index (χ4n) is 3.16. The standard InChI is InChI=1S/C20H24N2O/c1-17-15-22(20(23)14-18-8-4-2-5-9-18)13-12-21(17)16-19-10-6-3-7-11-19/h2-11,17H,12-16H2,1H3. The first-order chi connectivity index (χ1) is 11.2. The lowest BCUT2D eigenvalue weighted by molar-refractivity contribution is -0.133. The quantitative estimate of drug-likeness (QED) is 0.867. The molecule has 0 N–H and O–H groups in total. The van der Waals surface area contributed by atoms with Gasteiger partial charge in [0.15, 0.2) is 0 Å². The van der Waals surface area contributed by atoms with Gasteiger partial charge in [0.05, 0.1) is 6.42 Å². The Bertz CT molecular complexity index is 627. The first-order valence-electron chi connectivity index (χ1n) is 8.32. The number of carbonyl (C=O) groups excluding carboxylic acids is 1. The molecular weight excluding hydrogens is 284 g/mol. The Morgan fingerprint density at radius 3 is 2.17 bits per heavy atom. The molecule has 120 valence electrons. The van der Waals surface area contributed by atoms with E-state index in [9.17, 15) is 4.79 Å². The summed E-state index contributed by atoms with van der Waals surface area (Å²) in [6, 6.07) is 20.9. The normalized spacial score (nSPS) is 18.8. The van der Waals surface area contributed by atoms with Crippen LogP contribution in [0.4, 0.5) is 0 Å². The zero-order chi connectivity index (χ0) is 16.1. The van der Waals surface area contributed by atoms with Crippen LogP contribution in [0.25, 0.3) is 0 Å². The van der Waals surface area contributed by atoms with Gasteiger partial charge in [0.25, 0.3) is 0 Å². The largest absolute Gasteiger partial charge is 0.340 e. The van der Waals surface area contributed by atoms with Crippen LogP contribution in [-0.2, 0) is 17.8 Å². The van der Waals surface area contributed by atoms with E-state index in [1.165, 1.54) is 5.56 Å². The molecule has 0 saturated carbocycles. The number of hydrogen-bond donors (Lipinski definition) is 0. The lowest BCUT2D eigenvalue weighted by Gasteiger charge is -2.40. The number of amides is 1. The lowest BCUT2D eigenvalue weighted by Crippen LogP contribution is -2.53. The summed E-state index contributed by atoms with van der Waals surface area (Å²) in [5, 5.41) is 0. The van der Waals surface area contributed by atoms with Crippen molar-refractivity contribution in [1.82, 2.24) is 9.80 Å². The topological polar surface area (TPSA) is 23.6 Å². The number of benzene rings is 2. The third-order valence-electron chi connectivity index (χ3n) is 4.54. The van der Waals surface area contributed by atoms with E-state index in [0.29, 0.717) is 12.5 Å². The summed E-state index contributed by atoms with van der Waals surface area (Å²) >= 11 is 0. The zero-order valence-electron chi connectivity index (χ0n) is 13.7. The Morgan fingerprint density at radius 2 is 1.57 bits per heavy atom. The van der Waals surface area contributed by atoms with Gasteiger partial charge in [-0.3, -0.25) is 9.69 Å². The molecule has 1 aliphatic heterocycles. The SMILES string of the molecule is CC1CN(C(=O)Cc2ccccc2)CCN1Cc1ccccc1. The van der Waals surface area contributed by atoms with Gasteiger partial charge >= 0.3 is 0 Å². The zero-order valence-corrected chi connectivity index (χ0v) is 13.7. The molecular formula is C20H24N2O. The highest BCUT2D eigenvalue weighted by molar-refractivity contribution is 5.78. The van der Waals surface area contributed by atoms with Gasteiger partial charge in [0.1, 0.15) is 0 Å². The Hall–Kier alpha value is -2.13. The molecule has 0 aliphatic carbocycles. The van der Waals surface area contributed by atoms with E-state index >= 15 is 0 Å². The Balaban J connectivity index is 1.54. The van der Waals surface area contributed by atoms with Gasteiger partial charge in [-0.1, -0.05) is 60.7 Å². The third kappa shape index (κ3) is 4.20. The van der Waals surface area contributed by atoms with E-state index in [-0.39, 0.29) is 5.91 Å². The maximum atomic E-state index is 12.5. The van der Waals surface area contributed by atoms with Gasteiger partial charge in [-0.15, -0.1) is 0 Å². The lowest BCUT2D eigenvalue weighted by atomic mass is 10.1. The molecule has 2 aromatic carbocycles. The van der Waals surface area contributed by atoms with Crippen molar-refractivity contribution in [3.8, 4) is 0 Å². The molecule has 23 heavy (non-hydrogen) atoms. The van der Waals surface area contributed by atoms with E-state index in [0.717, 1.165) is 31.7 Å². The summed E-state index contributed by atoms with van der Waals surface area (Å²) in [4.78, 5) is 17.0. The van der Waals surface area contributed by atoms with Gasteiger partial charge in [-0.2, -0.15) is 0 Å². The molecule has 1 unspecified atom stereocenters. The van der Waals surface area contributed by atoms with Crippen LogP contribution in [0.15, 0.2) is 60.7 Å². The number of piperazine rings is 1. The summed E-state index contributed by atoms with van der Waals surface area (Å²) < 4.78 is 0. The van der Waals surface area contributed by atoms with Gasteiger partial charge in [-0.05, 0) is 18.1 Å². The molecule has 1 heterocycles. The predicted molar refractivity (Wildman–Crippen MR) is 93.0 cm³/mol. The van der Waals surface area contributed by atoms with Crippen LogP contribution < -0.4 is 0 Å². The second-order valence-corrected chi connectivity index (χ2v) is 6.31. The van der Waals surface area contributed by atoms with E-state index in [2.05, 4.69) is 36.1 Å². The van der Waals surface area contributed by atoms with E-state index in [1.54, 1.807) is 0 Å². The first-order valence-corrected chi connectivity index (χ1v) is 8.32. The van der Waals surface area contributed by atoms with E-state index in [1.807, 2.05) is 41.3 Å².